The summed E-state index contributed by atoms with van der Waals surface area (Å²) in [6.07, 6.45) is 10.4. The van der Waals surface area contributed by atoms with Crippen LogP contribution in [0.3, 0.4) is 0 Å². The molecule has 0 aromatic heterocycles. The van der Waals surface area contributed by atoms with Crippen LogP contribution in [-0.4, -0.2) is 54.1 Å². The van der Waals surface area contributed by atoms with Crippen molar-refractivity contribution in [2.75, 3.05) is 26.2 Å². The van der Waals surface area contributed by atoms with E-state index in [2.05, 4.69) is 38.2 Å². The third kappa shape index (κ3) is 4.66. The molecule has 194 valence electrons. The van der Waals surface area contributed by atoms with Gasteiger partial charge >= 0.3 is 6.09 Å². The normalized spacial score (nSPS) is 41.9. The number of nitrogens with one attached hydrogen (secondary N) is 1. The van der Waals surface area contributed by atoms with Gasteiger partial charge in [-0.1, -0.05) is 25.9 Å². The summed E-state index contributed by atoms with van der Waals surface area (Å²) in [5.41, 5.74) is 1.67. The number of fused-ring (bicyclic) bond motifs is 5. The largest absolute Gasteiger partial charge is 0.436 e. The van der Waals surface area contributed by atoms with Gasteiger partial charge in [0.15, 0.2) is 0 Å². The molecule has 4 saturated carbocycles. The quantitative estimate of drug-likeness (QED) is 0.222. The predicted molar refractivity (Wildman–Crippen MR) is 137 cm³/mol. The van der Waals surface area contributed by atoms with Gasteiger partial charge < -0.3 is 15.3 Å². The van der Waals surface area contributed by atoms with E-state index in [-0.39, 0.29) is 17.6 Å². The number of rotatable bonds is 7. The molecule has 4 aliphatic rings. The second-order valence-corrected chi connectivity index (χ2v) is 12.3. The number of hydrogen-bond donors (Lipinski definition) is 2. The van der Waals surface area contributed by atoms with Crippen LogP contribution in [0.5, 0.6) is 0 Å². The summed E-state index contributed by atoms with van der Waals surface area (Å²) in [5, 5.41) is 18.0. The molecule has 0 aliphatic heterocycles. The maximum atomic E-state index is 12.6. The fourth-order valence-electron chi connectivity index (χ4n) is 8.92. The van der Waals surface area contributed by atoms with Crippen LogP contribution in [-0.2, 0) is 4.84 Å². The van der Waals surface area contributed by atoms with Gasteiger partial charge in [0.2, 0.25) is 0 Å². The average molecular weight is 476 g/mol. The van der Waals surface area contributed by atoms with Crippen LogP contribution in [0.15, 0.2) is 5.16 Å². The number of hydrogen-bond acceptors (Lipinski definition) is 5. The van der Waals surface area contributed by atoms with Gasteiger partial charge in [-0.05, 0) is 113 Å². The zero-order chi connectivity index (χ0) is 24.5. The Morgan fingerprint density at radius 2 is 1.79 bits per heavy atom. The van der Waals surface area contributed by atoms with Crippen LogP contribution >= 0.6 is 0 Å². The Morgan fingerprint density at radius 3 is 2.53 bits per heavy atom. The zero-order valence-electron chi connectivity index (χ0n) is 22.3. The average Bonchev–Trinajstić information content (AvgIpc) is 3.18. The van der Waals surface area contributed by atoms with Crippen molar-refractivity contribution < 1.29 is 14.7 Å². The first-order valence-corrected chi connectivity index (χ1v) is 14.1. The van der Waals surface area contributed by atoms with Gasteiger partial charge in [-0.2, -0.15) is 0 Å². The highest BCUT2D eigenvalue weighted by molar-refractivity contribution is 5.85. The van der Waals surface area contributed by atoms with Crippen molar-refractivity contribution in [3.05, 3.63) is 0 Å². The highest BCUT2D eigenvalue weighted by atomic mass is 16.7. The van der Waals surface area contributed by atoms with E-state index in [1.54, 1.807) is 4.90 Å². The molecule has 1 amide bonds. The summed E-state index contributed by atoms with van der Waals surface area (Å²) in [5.74, 6) is 3.46. The molecule has 0 unspecified atom stereocenters. The van der Waals surface area contributed by atoms with E-state index in [9.17, 15) is 9.90 Å². The predicted octanol–water partition coefficient (Wildman–Crippen LogP) is 5.45. The summed E-state index contributed by atoms with van der Waals surface area (Å²) in [4.78, 5) is 19.7. The van der Waals surface area contributed by atoms with E-state index in [1.165, 1.54) is 38.5 Å². The zero-order valence-corrected chi connectivity index (χ0v) is 22.3. The van der Waals surface area contributed by atoms with E-state index in [0.717, 1.165) is 55.8 Å². The highest BCUT2D eigenvalue weighted by Gasteiger charge is 2.60. The lowest BCUT2D eigenvalue weighted by molar-refractivity contribution is -0.123. The standard InChI is InChI=1S/C28H49N3O3/c1-6-29-16-17-31(7-2)26(33)34-30-19(3)23-10-11-24-22-9-8-20-18-21(32)12-14-27(20,4)25(22)13-15-28(23,24)5/h20-25,29,32H,6-18H2,1-5H3/b30-19+/t20-,21+,22+,23-,24+,25+,27+,28-/m1/s1. The van der Waals surface area contributed by atoms with Crippen molar-refractivity contribution in [3.8, 4) is 0 Å². The lowest BCUT2D eigenvalue weighted by Crippen LogP contribution is -2.54. The van der Waals surface area contributed by atoms with Gasteiger partial charge in [-0.3, -0.25) is 4.84 Å². The number of carbonyl (C=O) groups is 1. The van der Waals surface area contributed by atoms with E-state index < -0.39 is 0 Å². The Bertz CT molecular complexity index is 757. The summed E-state index contributed by atoms with van der Waals surface area (Å²) in [7, 11) is 0. The van der Waals surface area contributed by atoms with Gasteiger partial charge in [0.1, 0.15) is 0 Å². The fourth-order valence-corrected chi connectivity index (χ4v) is 8.92. The van der Waals surface area contributed by atoms with Gasteiger partial charge in [0, 0.05) is 25.6 Å². The van der Waals surface area contributed by atoms with Crippen LogP contribution in [0.4, 0.5) is 4.79 Å². The number of nitrogens with zero attached hydrogens (tertiary/aromatic N) is 2. The smallest absolute Gasteiger partial charge is 0.393 e. The molecule has 4 rings (SSSR count). The van der Waals surface area contributed by atoms with Gasteiger partial charge in [-0.25, -0.2) is 4.79 Å². The van der Waals surface area contributed by atoms with Crippen molar-refractivity contribution in [2.45, 2.75) is 98.5 Å². The Morgan fingerprint density at radius 1 is 1.06 bits per heavy atom. The Labute approximate surface area is 207 Å². The first-order chi connectivity index (χ1) is 16.2. The fraction of sp³-hybridized carbons (Fsp3) is 0.929. The molecule has 34 heavy (non-hydrogen) atoms. The summed E-state index contributed by atoms with van der Waals surface area (Å²) in [6, 6.07) is 0. The van der Waals surface area contributed by atoms with E-state index in [0.29, 0.717) is 30.3 Å². The van der Waals surface area contributed by atoms with Crippen LogP contribution < -0.4 is 5.32 Å². The topological polar surface area (TPSA) is 74.2 Å². The number of oxime groups is 1. The Hall–Kier alpha value is -1.14. The van der Waals surface area contributed by atoms with Crippen LogP contribution in [0.25, 0.3) is 0 Å². The van der Waals surface area contributed by atoms with Gasteiger partial charge in [-0.15, -0.1) is 0 Å². The third-order valence-electron chi connectivity index (χ3n) is 10.9. The van der Waals surface area contributed by atoms with Crippen molar-refractivity contribution in [2.24, 2.45) is 45.6 Å². The van der Waals surface area contributed by atoms with Crippen molar-refractivity contribution >= 4 is 11.8 Å². The summed E-state index contributed by atoms with van der Waals surface area (Å²) >= 11 is 0. The van der Waals surface area contributed by atoms with Crippen LogP contribution in [0, 0.1) is 40.4 Å². The number of likely N-dealkylation sites (N-methyl/N-ethyl adjacent to an activating group) is 2. The first-order valence-electron chi connectivity index (χ1n) is 14.1. The second-order valence-electron chi connectivity index (χ2n) is 12.3. The molecule has 4 aliphatic carbocycles. The molecule has 4 fully saturated rings. The van der Waals surface area contributed by atoms with Gasteiger partial charge in [0.05, 0.1) is 11.8 Å². The molecule has 2 N–H and O–H groups in total. The van der Waals surface area contributed by atoms with Crippen LogP contribution in [0.1, 0.15) is 92.4 Å². The molecule has 0 aromatic rings. The lowest BCUT2D eigenvalue weighted by Gasteiger charge is -2.61. The molecule has 8 atom stereocenters. The molecular weight excluding hydrogens is 426 g/mol. The number of aliphatic hydroxyl groups excluding tert-OH is 1. The molecular formula is C28H49N3O3. The van der Waals surface area contributed by atoms with Crippen LogP contribution in [0.2, 0.25) is 0 Å². The van der Waals surface area contributed by atoms with Gasteiger partial charge in [0.25, 0.3) is 0 Å². The molecule has 0 bridgehead atoms. The highest BCUT2D eigenvalue weighted by Crippen LogP contribution is 2.67. The number of carbonyl (C=O) groups excluding carboxylic acids is 1. The minimum atomic E-state index is -0.339. The van der Waals surface area contributed by atoms with Crippen molar-refractivity contribution in [1.82, 2.24) is 10.2 Å². The molecule has 0 heterocycles. The first kappa shape index (κ1) is 25.9. The third-order valence-corrected chi connectivity index (χ3v) is 10.9. The van der Waals surface area contributed by atoms with Crippen molar-refractivity contribution in [3.63, 3.8) is 0 Å². The van der Waals surface area contributed by atoms with E-state index in [4.69, 9.17) is 4.84 Å². The Balaban J connectivity index is 1.42. The summed E-state index contributed by atoms with van der Waals surface area (Å²) < 4.78 is 0. The lowest BCUT2D eigenvalue weighted by atomic mass is 9.44. The molecule has 0 aromatic carbocycles. The van der Waals surface area contributed by atoms with E-state index in [1.807, 2.05) is 6.92 Å². The maximum Gasteiger partial charge on any atom is 0.436 e. The Kier molecular flexibility index (Phi) is 7.98. The maximum absolute atomic E-state index is 12.6. The molecule has 6 nitrogen and oxygen atoms in total. The minimum Gasteiger partial charge on any atom is -0.393 e. The second kappa shape index (κ2) is 10.5. The molecule has 0 radical (unpaired) electrons. The molecule has 0 spiro atoms. The number of amides is 1. The monoisotopic (exact) mass is 475 g/mol. The van der Waals surface area contributed by atoms with E-state index >= 15 is 0 Å². The molecule has 0 saturated heterocycles. The number of aliphatic hydroxyl groups is 1. The van der Waals surface area contributed by atoms with Crippen molar-refractivity contribution in [1.29, 1.82) is 0 Å². The molecule has 6 heteroatoms. The summed E-state index contributed by atoms with van der Waals surface area (Å²) in [6.45, 7) is 14.1. The SMILES string of the molecule is CCNCCN(CC)C(=O)O/N=C(\C)[C@H]1CC[C@H]2[C@@H]3CC[C@@H]4C[C@@H](O)CC[C@]4(C)[C@H]3CC[C@]12C. The minimum absolute atomic E-state index is 0.0764.